The van der Waals surface area contributed by atoms with E-state index in [9.17, 15) is 14.4 Å². The minimum atomic E-state index is -0.704. The SMILES string of the molecule is C[C@@H](NC(=O)COC(=O)Cn1cnc2ccccc2c1=O)c1cccc(Cl)c1. The normalized spacial score (nSPS) is 11.8. The van der Waals surface area contributed by atoms with E-state index in [4.69, 9.17) is 16.3 Å². The number of benzene rings is 2. The first kappa shape index (κ1) is 19.6. The lowest BCUT2D eigenvalue weighted by molar-refractivity contribution is -0.149. The largest absolute Gasteiger partial charge is 0.454 e. The number of nitrogens with zero attached hydrogens (tertiary/aromatic N) is 2. The number of carbonyl (C=O) groups excluding carboxylic acids is 2. The number of hydrogen-bond acceptors (Lipinski definition) is 5. The third kappa shape index (κ3) is 4.75. The first-order valence-electron chi connectivity index (χ1n) is 8.58. The van der Waals surface area contributed by atoms with Gasteiger partial charge in [0.05, 0.1) is 23.3 Å². The summed E-state index contributed by atoms with van der Waals surface area (Å²) in [4.78, 5) is 40.5. The average molecular weight is 400 g/mol. The molecule has 0 fully saturated rings. The molecule has 3 aromatic rings. The molecule has 1 amide bonds. The van der Waals surface area contributed by atoms with Crippen LogP contribution in [0.4, 0.5) is 0 Å². The molecule has 0 aliphatic carbocycles. The summed E-state index contributed by atoms with van der Waals surface area (Å²) in [5, 5.41) is 3.70. The van der Waals surface area contributed by atoms with Crippen LogP contribution in [-0.4, -0.2) is 28.0 Å². The van der Waals surface area contributed by atoms with Crippen molar-refractivity contribution in [1.29, 1.82) is 0 Å². The molecule has 0 saturated heterocycles. The van der Waals surface area contributed by atoms with E-state index in [0.29, 0.717) is 15.9 Å². The first-order chi connectivity index (χ1) is 13.4. The van der Waals surface area contributed by atoms with Gasteiger partial charge in [0.2, 0.25) is 0 Å². The second-order valence-corrected chi connectivity index (χ2v) is 6.64. The maximum atomic E-state index is 12.4. The number of hydrogen-bond donors (Lipinski definition) is 1. The van der Waals surface area contributed by atoms with E-state index in [1.807, 2.05) is 6.07 Å². The standard InChI is InChI=1S/C20H18ClN3O4/c1-13(14-5-4-6-15(21)9-14)23-18(25)11-28-19(26)10-24-12-22-17-8-3-2-7-16(17)20(24)27/h2-9,12-13H,10-11H2,1H3,(H,23,25)/t13-/m1/s1. The number of halogens is 1. The van der Waals surface area contributed by atoms with E-state index in [0.717, 1.165) is 10.1 Å². The van der Waals surface area contributed by atoms with Crippen molar-refractivity contribution in [3.05, 3.63) is 75.8 Å². The lowest BCUT2D eigenvalue weighted by atomic mass is 10.1. The zero-order chi connectivity index (χ0) is 20.1. The molecule has 1 atom stereocenters. The lowest BCUT2D eigenvalue weighted by Gasteiger charge is -2.14. The van der Waals surface area contributed by atoms with E-state index < -0.39 is 18.5 Å². The van der Waals surface area contributed by atoms with Crippen molar-refractivity contribution in [2.75, 3.05) is 6.61 Å². The van der Waals surface area contributed by atoms with Gasteiger partial charge >= 0.3 is 5.97 Å². The zero-order valence-corrected chi connectivity index (χ0v) is 15.8. The highest BCUT2D eigenvalue weighted by Gasteiger charge is 2.13. The van der Waals surface area contributed by atoms with E-state index in [1.54, 1.807) is 49.4 Å². The fourth-order valence-electron chi connectivity index (χ4n) is 2.69. The Labute approximate surface area is 165 Å². The Balaban J connectivity index is 1.55. The summed E-state index contributed by atoms with van der Waals surface area (Å²) < 4.78 is 6.12. The quantitative estimate of drug-likeness (QED) is 0.643. The summed E-state index contributed by atoms with van der Waals surface area (Å²) in [7, 11) is 0. The molecular weight excluding hydrogens is 382 g/mol. The number of nitrogens with one attached hydrogen (secondary N) is 1. The van der Waals surface area contributed by atoms with Gasteiger partial charge in [-0.05, 0) is 36.8 Å². The number of para-hydroxylation sites is 1. The molecule has 7 nitrogen and oxygen atoms in total. The Morgan fingerprint density at radius 2 is 2.00 bits per heavy atom. The van der Waals surface area contributed by atoms with Crippen LogP contribution in [-0.2, 0) is 20.9 Å². The Kier molecular flexibility index (Phi) is 6.06. The van der Waals surface area contributed by atoms with Gasteiger partial charge in [-0.2, -0.15) is 0 Å². The second kappa shape index (κ2) is 8.67. The van der Waals surface area contributed by atoms with Gasteiger partial charge in [-0.3, -0.25) is 19.0 Å². The van der Waals surface area contributed by atoms with Crippen LogP contribution in [0.15, 0.2) is 59.7 Å². The van der Waals surface area contributed by atoms with Crippen LogP contribution < -0.4 is 10.9 Å². The van der Waals surface area contributed by atoms with E-state index in [2.05, 4.69) is 10.3 Å². The predicted octanol–water partition coefficient (Wildman–Crippen LogP) is 2.47. The Bertz CT molecular complexity index is 1080. The molecule has 8 heteroatoms. The highest BCUT2D eigenvalue weighted by molar-refractivity contribution is 6.30. The summed E-state index contributed by atoms with van der Waals surface area (Å²) in [5.41, 5.74) is 1.04. The number of esters is 1. The van der Waals surface area contributed by atoms with Gasteiger partial charge in [0, 0.05) is 5.02 Å². The van der Waals surface area contributed by atoms with Gasteiger partial charge in [0.1, 0.15) is 6.54 Å². The van der Waals surface area contributed by atoms with Gasteiger partial charge in [0.15, 0.2) is 6.61 Å². The number of rotatable bonds is 6. The number of carbonyl (C=O) groups is 2. The van der Waals surface area contributed by atoms with E-state index in [1.165, 1.54) is 6.33 Å². The Hall–Kier alpha value is -3.19. The van der Waals surface area contributed by atoms with Crippen molar-refractivity contribution in [2.45, 2.75) is 19.5 Å². The van der Waals surface area contributed by atoms with Gasteiger partial charge in [0.25, 0.3) is 11.5 Å². The fraction of sp³-hybridized carbons (Fsp3) is 0.200. The van der Waals surface area contributed by atoms with Crippen molar-refractivity contribution in [3.63, 3.8) is 0 Å². The minimum absolute atomic E-state index is 0.294. The molecule has 2 aromatic carbocycles. The maximum absolute atomic E-state index is 12.4. The Morgan fingerprint density at radius 3 is 2.79 bits per heavy atom. The highest BCUT2D eigenvalue weighted by Crippen LogP contribution is 2.17. The van der Waals surface area contributed by atoms with Crippen molar-refractivity contribution in [2.24, 2.45) is 0 Å². The number of fused-ring (bicyclic) bond motifs is 1. The van der Waals surface area contributed by atoms with E-state index in [-0.39, 0.29) is 18.1 Å². The lowest BCUT2D eigenvalue weighted by Crippen LogP contribution is -2.32. The maximum Gasteiger partial charge on any atom is 0.326 e. The van der Waals surface area contributed by atoms with Gasteiger partial charge in [-0.1, -0.05) is 35.9 Å². The summed E-state index contributed by atoms with van der Waals surface area (Å²) in [6, 6.07) is 13.7. The van der Waals surface area contributed by atoms with Gasteiger partial charge in [-0.15, -0.1) is 0 Å². The molecule has 0 aliphatic rings. The van der Waals surface area contributed by atoms with Crippen molar-refractivity contribution >= 4 is 34.4 Å². The van der Waals surface area contributed by atoms with Gasteiger partial charge in [-0.25, -0.2) is 4.98 Å². The third-order valence-corrected chi connectivity index (χ3v) is 4.36. The molecule has 1 aromatic heterocycles. The molecule has 3 rings (SSSR count). The topological polar surface area (TPSA) is 90.3 Å². The van der Waals surface area contributed by atoms with Crippen LogP contribution >= 0.6 is 11.6 Å². The first-order valence-corrected chi connectivity index (χ1v) is 8.96. The molecule has 0 aliphatic heterocycles. The molecule has 1 N–H and O–H groups in total. The van der Waals surface area contributed by atoms with Crippen molar-refractivity contribution < 1.29 is 14.3 Å². The summed E-state index contributed by atoms with van der Waals surface area (Å²) in [6.07, 6.45) is 1.28. The molecule has 0 radical (unpaired) electrons. The molecule has 0 unspecified atom stereocenters. The molecule has 1 heterocycles. The van der Waals surface area contributed by atoms with Crippen LogP contribution in [0.3, 0.4) is 0 Å². The molecule has 0 bridgehead atoms. The number of aromatic nitrogens is 2. The molecule has 0 saturated carbocycles. The molecular formula is C20H18ClN3O4. The second-order valence-electron chi connectivity index (χ2n) is 6.20. The van der Waals surface area contributed by atoms with E-state index >= 15 is 0 Å². The van der Waals surface area contributed by atoms with Crippen LogP contribution in [0.1, 0.15) is 18.5 Å². The third-order valence-electron chi connectivity index (χ3n) is 4.12. The van der Waals surface area contributed by atoms with Gasteiger partial charge < -0.3 is 10.1 Å². The van der Waals surface area contributed by atoms with Crippen LogP contribution in [0.2, 0.25) is 5.02 Å². The van der Waals surface area contributed by atoms with Crippen molar-refractivity contribution in [3.8, 4) is 0 Å². The highest BCUT2D eigenvalue weighted by atomic mass is 35.5. The fourth-order valence-corrected chi connectivity index (χ4v) is 2.89. The summed E-state index contributed by atoms with van der Waals surface area (Å²) in [5.74, 6) is -1.16. The minimum Gasteiger partial charge on any atom is -0.454 e. The smallest absolute Gasteiger partial charge is 0.326 e. The zero-order valence-electron chi connectivity index (χ0n) is 15.1. The summed E-state index contributed by atoms with van der Waals surface area (Å²) in [6.45, 7) is 1.03. The number of ether oxygens (including phenoxy) is 1. The Morgan fingerprint density at radius 1 is 1.21 bits per heavy atom. The monoisotopic (exact) mass is 399 g/mol. The molecule has 0 spiro atoms. The average Bonchev–Trinajstić information content (AvgIpc) is 2.69. The van der Waals surface area contributed by atoms with Crippen LogP contribution in [0.5, 0.6) is 0 Å². The van der Waals surface area contributed by atoms with Crippen molar-refractivity contribution in [1.82, 2.24) is 14.9 Å². The molecule has 28 heavy (non-hydrogen) atoms. The number of amides is 1. The summed E-state index contributed by atoms with van der Waals surface area (Å²) >= 11 is 5.94. The predicted molar refractivity (Wildman–Crippen MR) is 105 cm³/mol. The molecule has 144 valence electrons. The van der Waals surface area contributed by atoms with Crippen LogP contribution in [0, 0.1) is 0 Å². The van der Waals surface area contributed by atoms with Crippen LogP contribution in [0.25, 0.3) is 10.9 Å².